The van der Waals surface area contributed by atoms with Gasteiger partial charge in [0.05, 0.1) is 17.7 Å². The van der Waals surface area contributed by atoms with Crippen LogP contribution >= 0.6 is 50.1 Å². The number of benzene rings is 1. The molecule has 2 nitrogen and oxygen atoms in total. The van der Waals surface area contributed by atoms with Crippen molar-refractivity contribution in [2.75, 3.05) is 7.11 Å². The lowest BCUT2D eigenvalue weighted by molar-refractivity contribution is 0.0599. The fraction of sp³-hybridized carbons (Fsp3) is 0.125. The lowest BCUT2D eigenvalue weighted by atomic mass is 10.2. The van der Waals surface area contributed by atoms with Crippen LogP contribution < -0.4 is 0 Å². The molecular formula is C8H5BrClIO2. The van der Waals surface area contributed by atoms with E-state index in [-0.39, 0.29) is 0 Å². The van der Waals surface area contributed by atoms with Crippen molar-refractivity contribution in [1.29, 1.82) is 0 Å². The molecule has 0 aromatic heterocycles. The Balaban J connectivity index is 3.33. The zero-order valence-electron chi connectivity index (χ0n) is 6.61. The number of ether oxygens (including phenoxy) is 1. The molecule has 1 aromatic carbocycles. The van der Waals surface area contributed by atoms with E-state index in [1.807, 2.05) is 22.6 Å². The summed E-state index contributed by atoms with van der Waals surface area (Å²) in [5, 5.41) is 0.402. The molecule has 0 heterocycles. The van der Waals surface area contributed by atoms with E-state index in [0.717, 1.165) is 8.04 Å². The Morgan fingerprint density at radius 2 is 2.23 bits per heavy atom. The second-order valence-electron chi connectivity index (χ2n) is 2.21. The summed E-state index contributed by atoms with van der Waals surface area (Å²) in [4.78, 5) is 11.3. The molecule has 0 spiro atoms. The van der Waals surface area contributed by atoms with Crippen molar-refractivity contribution in [2.24, 2.45) is 0 Å². The Morgan fingerprint density at radius 1 is 1.62 bits per heavy atom. The quantitative estimate of drug-likeness (QED) is 0.427. The number of carbonyl (C=O) groups excluding carboxylic acids is 1. The average molecular weight is 375 g/mol. The van der Waals surface area contributed by atoms with Gasteiger partial charge in [-0.1, -0.05) is 11.6 Å². The van der Waals surface area contributed by atoms with Crippen molar-refractivity contribution >= 4 is 56.1 Å². The van der Waals surface area contributed by atoms with Gasteiger partial charge in [0.25, 0.3) is 0 Å². The number of hydrogen-bond acceptors (Lipinski definition) is 2. The molecule has 0 saturated carbocycles. The Morgan fingerprint density at radius 3 is 2.77 bits per heavy atom. The molecule has 1 aromatic rings. The second-order valence-corrected chi connectivity index (χ2v) is 4.55. The van der Waals surface area contributed by atoms with Crippen LogP contribution in [0.4, 0.5) is 0 Å². The van der Waals surface area contributed by atoms with E-state index in [2.05, 4.69) is 20.7 Å². The Labute approximate surface area is 103 Å². The summed E-state index contributed by atoms with van der Waals surface area (Å²) >= 11 is 11.2. The summed E-state index contributed by atoms with van der Waals surface area (Å²) in [6, 6.07) is 3.44. The molecule has 5 heteroatoms. The third-order valence-corrected chi connectivity index (χ3v) is 4.27. The lowest BCUT2D eigenvalue weighted by Crippen LogP contribution is -2.05. The molecule has 70 valence electrons. The van der Waals surface area contributed by atoms with Gasteiger partial charge in [-0.2, -0.15) is 0 Å². The SMILES string of the molecule is COC(=O)c1c(Cl)ccc(Br)c1I. The summed E-state index contributed by atoms with van der Waals surface area (Å²) < 4.78 is 6.20. The van der Waals surface area contributed by atoms with Crippen LogP contribution in [0.5, 0.6) is 0 Å². The molecule has 0 atom stereocenters. The van der Waals surface area contributed by atoms with Gasteiger partial charge >= 0.3 is 5.97 Å². The largest absolute Gasteiger partial charge is 0.465 e. The Bertz CT molecular complexity index is 354. The topological polar surface area (TPSA) is 26.3 Å². The highest BCUT2D eigenvalue weighted by Crippen LogP contribution is 2.29. The lowest BCUT2D eigenvalue weighted by Gasteiger charge is -2.05. The highest BCUT2D eigenvalue weighted by molar-refractivity contribution is 14.1. The molecule has 1 rings (SSSR count). The summed E-state index contributed by atoms with van der Waals surface area (Å²) in [6.45, 7) is 0. The molecule has 0 unspecified atom stereocenters. The van der Waals surface area contributed by atoms with Gasteiger partial charge in [-0.15, -0.1) is 0 Å². The van der Waals surface area contributed by atoms with Crippen LogP contribution in [0, 0.1) is 3.57 Å². The van der Waals surface area contributed by atoms with Crippen LogP contribution in [-0.2, 0) is 4.74 Å². The first kappa shape index (κ1) is 11.3. The standard InChI is InChI=1S/C8H5BrClIO2/c1-13-8(12)6-5(10)3-2-4(9)7(6)11/h2-3H,1H3. The fourth-order valence-corrected chi connectivity index (χ4v) is 2.23. The molecule has 0 N–H and O–H groups in total. The van der Waals surface area contributed by atoms with E-state index in [4.69, 9.17) is 11.6 Å². The third kappa shape index (κ3) is 2.35. The highest BCUT2D eigenvalue weighted by atomic mass is 127. The summed E-state index contributed by atoms with van der Waals surface area (Å²) in [5.41, 5.74) is 0.402. The molecule has 13 heavy (non-hydrogen) atoms. The summed E-state index contributed by atoms with van der Waals surface area (Å²) in [7, 11) is 1.33. The van der Waals surface area contributed by atoms with Crippen LogP contribution in [-0.4, -0.2) is 13.1 Å². The Hall–Kier alpha value is 0.190. The predicted octanol–water partition coefficient (Wildman–Crippen LogP) is 3.49. The minimum Gasteiger partial charge on any atom is -0.465 e. The number of rotatable bonds is 1. The van der Waals surface area contributed by atoms with E-state index in [1.54, 1.807) is 12.1 Å². The van der Waals surface area contributed by atoms with Gasteiger partial charge in [-0.3, -0.25) is 0 Å². The summed E-state index contributed by atoms with van der Waals surface area (Å²) in [5.74, 6) is -0.421. The average Bonchev–Trinajstić information content (AvgIpc) is 2.12. The second kappa shape index (κ2) is 4.61. The molecule has 0 bridgehead atoms. The van der Waals surface area contributed by atoms with Gasteiger partial charge in [-0.25, -0.2) is 4.79 Å². The number of carbonyl (C=O) groups is 1. The van der Waals surface area contributed by atoms with Gasteiger partial charge in [0.1, 0.15) is 0 Å². The molecule has 0 radical (unpaired) electrons. The number of esters is 1. The van der Waals surface area contributed by atoms with E-state index < -0.39 is 5.97 Å². The molecule has 0 amide bonds. The predicted molar refractivity (Wildman–Crippen MR) is 63.2 cm³/mol. The van der Waals surface area contributed by atoms with Crippen LogP contribution in [0.2, 0.25) is 5.02 Å². The molecular weight excluding hydrogens is 370 g/mol. The Kier molecular flexibility index (Phi) is 4.00. The zero-order valence-corrected chi connectivity index (χ0v) is 11.1. The van der Waals surface area contributed by atoms with Crippen molar-refractivity contribution in [3.8, 4) is 0 Å². The monoisotopic (exact) mass is 374 g/mol. The van der Waals surface area contributed by atoms with Crippen LogP contribution in [0.15, 0.2) is 16.6 Å². The minimum atomic E-state index is -0.421. The number of hydrogen-bond donors (Lipinski definition) is 0. The van der Waals surface area contributed by atoms with Crippen LogP contribution in [0.3, 0.4) is 0 Å². The maximum Gasteiger partial charge on any atom is 0.340 e. The third-order valence-electron chi connectivity index (χ3n) is 1.43. The van der Waals surface area contributed by atoms with Crippen molar-refractivity contribution in [1.82, 2.24) is 0 Å². The van der Waals surface area contributed by atoms with E-state index >= 15 is 0 Å². The summed E-state index contributed by atoms with van der Waals surface area (Å²) in [6.07, 6.45) is 0. The van der Waals surface area contributed by atoms with E-state index in [0.29, 0.717) is 10.6 Å². The zero-order chi connectivity index (χ0) is 10.0. The van der Waals surface area contributed by atoms with Gasteiger partial charge in [-0.05, 0) is 50.7 Å². The van der Waals surface area contributed by atoms with Gasteiger partial charge in [0, 0.05) is 8.04 Å². The van der Waals surface area contributed by atoms with Crippen molar-refractivity contribution in [3.05, 3.63) is 30.8 Å². The van der Waals surface area contributed by atoms with Gasteiger partial charge in [0.15, 0.2) is 0 Å². The fourth-order valence-electron chi connectivity index (χ4n) is 0.816. The molecule has 0 aliphatic carbocycles. The first-order valence-corrected chi connectivity index (χ1v) is 5.54. The molecule has 0 aliphatic heterocycles. The molecule has 0 saturated heterocycles. The van der Waals surface area contributed by atoms with E-state index in [1.165, 1.54) is 7.11 Å². The van der Waals surface area contributed by atoms with Gasteiger partial charge in [0.2, 0.25) is 0 Å². The molecule has 0 aliphatic rings. The minimum absolute atomic E-state index is 0.402. The van der Waals surface area contributed by atoms with Crippen molar-refractivity contribution in [3.63, 3.8) is 0 Å². The highest BCUT2D eigenvalue weighted by Gasteiger charge is 2.16. The number of methoxy groups -OCH3 is 1. The maximum absolute atomic E-state index is 11.3. The first-order valence-electron chi connectivity index (χ1n) is 3.29. The van der Waals surface area contributed by atoms with Gasteiger partial charge < -0.3 is 4.74 Å². The first-order chi connectivity index (χ1) is 6.07. The normalized spacial score (nSPS) is 9.85. The smallest absolute Gasteiger partial charge is 0.340 e. The maximum atomic E-state index is 11.3. The van der Waals surface area contributed by atoms with Crippen molar-refractivity contribution in [2.45, 2.75) is 0 Å². The van der Waals surface area contributed by atoms with Crippen LogP contribution in [0.1, 0.15) is 10.4 Å². The van der Waals surface area contributed by atoms with E-state index in [9.17, 15) is 4.79 Å². The number of halogens is 3. The van der Waals surface area contributed by atoms with Crippen molar-refractivity contribution < 1.29 is 9.53 Å². The van der Waals surface area contributed by atoms with Crippen LogP contribution in [0.25, 0.3) is 0 Å². The molecule has 0 fully saturated rings.